The van der Waals surface area contributed by atoms with Crippen molar-refractivity contribution in [2.24, 2.45) is 0 Å². The summed E-state index contributed by atoms with van der Waals surface area (Å²) in [5.41, 5.74) is 1.31. The Morgan fingerprint density at radius 3 is 2.11 bits per heavy atom. The van der Waals surface area contributed by atoms with Crippen molar-refractivity contribution in [1.82, 2.24) is 0 Å². The average molecular weight is 379 g/mol. The van der Waals surface area contributed by atoms with Gasteiger partial charge < -0.3 is 14.2 Å². The summed E-state index contributed by atoms with van der Waals surface area (Å²) in [5, 5.41) is 2.68. The molecule has 152 valence electrons. The third-order valence-electron chi connectivity index (χ3n) is 4.06. The molecule has 0 bridgehead atoms. The smallest absolute Gasteiger partial charge is 0.449 e. The van der Waals surface area contributed by atoms with E-state index in [1.807, 2.05) is 0 Å². The van der Waals surface area contributed by atoms with E-state index in [0.717, 1.165) is 56.9 Å². The fourth-order valence-electron chi connectivity index (χ4n) is 2.49. The largest absolute Gasteiger partial charge is 0.513 e. The highest BCUT2D eigenvalue weighted by molar-refractivity contribution is 5.85. The van der Waals surface area contributed by atoms with Crippen LogP contribution in [0.5, 0.6) is 5.75 Å². The summed E-state index contributed by atoms with van der Waals surface area (Å²) in [6.45, 7) is 6.84. The van der Waals surface area contributed by atoms with Crippen LogP contribution in [0.1, 0.15) is 70.8 Å². The zero-order valence-electron chi connectivity index (χ0n) is 16.8. The monoisotopic (exact) mass is 379 g/mol. The number of anilines is 1. The first-order chi connectivity index (χ1) is 13.1. The molecule has 0 aromatic heterocycles. The summed E-state index contributed by atoms with van der Waals surface area (Å²) in [5.74, 6) is 0.409. The van der Waals surface area contributed by atoms with Gasteiger partial charge in [-0.2, -0.15) is 0 Å². The highest BCUT2D eigenvalue weighted by atomic mass is 16.7. The van der Waals surface area contributed by atoms with E-state index in [9.17, 15) is 9.59 Å². The maximum atomic E-state index is 11.8. The third-order valence-corrected chi connectivity index (χ3v) is 4.06. The van der Waals surface area contributed by atoms with Crippen molar-refractivity contribution in [3.63, 3.8) is 0 Å². The zero-order valence-corrected chi connectivity index (χ0v) is 16.8. The van der Waals surface area contributed by atoms with Gasteiger partial charge in [-0.3, -0.25) is 5.32 Å². The lowest BCUT2D eigenvalue weighted by atomic mass is 10.2. The summed E-state index contributed by atoms with van der Waals surface area (Å²) < 4.78 is 15.4. The third kappa shape index (κ3) is 10.5. The van der Waals surface area contributed by atoms with Crippen molar-refractivity contribution in [1.29, 1.82) is 0 Å². The summed E-state index contributed by atoms with van der Waals surface area (Å²) in [6.07, 6.45) is 7.18. The minimum Gasteiger partial charge on any atom is -0.449 e. The number of amides is 1. The van der Waals surface area contributed by atoms with Gasteiger partial charge in [-0.15, -0.1) is 0 Å². The van der Waals surface area contributed by atoms with Gasteiger partial charge in [-0.25, -0.2) is 9.59 Å². The van der Waals surface area contributed by atoms with Crippen LogP contribution in [0.4, 0.5) is 15.3 Å². The summed E-state index contributed by atoms with van der Waals surface area (Å²) >= 11 is 0. The van der Waals surface area contributed by atoms with E-state index < -0.39 is 12.2 Å². The van der Waals surface area contributed by atoms with Gasteiger partial charge >= 0.3 is 12.2 Å². The van der Waals surface area contributed by atoms with E-state index in [1.54, 1.807) is 25.1 Å². The fraction of sp³-hybridized carbons (Fsp3) is 0.619. The molecular formula is C21H33NO5. The predicted octanol–water partition coefficient (Wildman–Crippen LogP) is 6.22. The van der Waals surface area contributed by atoms with Crippen LogP contribution in [0.2, 0.25) is 0 Å². The molecule has 1 N–H and O–H groups in total. The molecule has 0 radical (unpaired) electrons. The van der Waals surface area contributed by atoms with Gasteiger partial charge in [-0.1, -0.05) is 52.4 Å². The molecule has 0 atom stereocenters. The number of carbonyl (C=O) groups is 2. The summed E-state index contributed by atoms with van der Waals surface area (Å²) in [4.78, 5) is 23.5. The van der Waals surface area contributed by atoms with Crippen molar-refractivity contribution >= 4 is 17.9 Å². The Bertz CT molecular complexity index is 574. The standard InChI is InChI=1S/C21H33NO5/c1-4-6-8-10-14-25-20(23)22-18-12-13-19(17(3)16-18)27-21(24)26-15-11-9-7-5-2/h12-13,16H,4-11,14-15H2,1-3H3,(H,22,23). The number of ether oxygens (including phenoxy) is 3. The molecule has 0 unspecified atom stereocenters. The normalized spacial score (nSPS) is 10.3. The minimum atomic E-state index is -0.707. The Balaban J connectivity index is 2.35. The van der Waals surface area contributed by atoms with E-state index in [-0.39, 0.29) is 0 Å². The quantitative estimate of drug-likeness (QED) is 0.265. The Labute approximate surface area is 162 Å². The van der Waals surface area contributed by atoms with Gasteiger partial charge in [0.2, 0.25) is 0 Å². The van der Waals surface area contributed by atoms with Crippen molar-refractivity contribution in [2.45, 2.75) is 72.1 Å². The summed E-state index contributed by atoms with van der Waals surface area (Å²) in [6, 6.07) is 5.02. The average Bonchev–Trinajstić information content (AvgIpc) is 2.63. The van der Waals surface area contributed by atoms with Crippen LogP contribution in [0, 0.1) is 6.92 Å². The van der Waals surface area contributed by atoms with Crippen molar-refractivity contribution in [3.05, 3.63) is 23.8 Å². The number of nitrogens with one attached hydrogen (secondary N) is 1. The Hall–Kier alpha value is -2.24. The van der Waals surface area contributed by atoms with E-state index in [1.165, 1.54) is 0 Å². The van der Waals surface area contributed by atoms with Crippen LogP contribution in [-0.4, -0.2) is 25.5 Å². The lowest BCUT2D eigenvalue weighted by molar-refractivity contribution is 0.0970. The van der Waals surface area contributed by atoms with Crippen LogP contribution in [0.15, 0.2) is 18.2 Å². The number of hydrogen-bond donors (Lipinski definition) is 1. The molecule has 0 heterocycles. The molecule has 0 saturated heterocycles. The number of benzene rings is 1. The van der Waals surface area contributed by atoms with Gasteiger partial charge in [0.05, 0.1) is 13.2 Å². The van der Waals surface area contributed by atoms with Crippen LogP contribution < -0.4 is 10.1 Å². The fourth-order valence-corrected chi connectivity index (χ4v) is 2.49. The van der Waals surface area contributed by atoms with Crippen LogP contribution >= 0.6 is 0 Å². The lowest BCUT2D eigenvalue weighted by Gasteiger charge is -2.11. The van der Waals surface area contributed by atoms with Gasteiger partial charge in [0, 0.05) is 5.69 Å². The number of carbonyl (C=O) groups excluding carboxylic acids is 2. The molecule has 6 heteroatoms. The van der Waals surface area contributed by atoms with Crippen LogP contribution in [0.3, 0.4) is 0 Å². The number of unbranched alkanes of at least 4 members (excludes halogenated alkanes) is 6. The topological polar surface area (TPSA) is 73.9 Å². The molecule has 1 aromatic rings. The van der Waals surface area contributed by atoms with E-state index in [0.29, 0.717) is 24.7 Å². The van der Waals surface area contributed by atoms with Crippen molar-refractivity contribution in [3.8, 4) is 5.75 Å². The first-order valence-electron chi connectivity index (χ1n) is 9.95. The van der Waals surface area contributed by atoms with E-state index >= 15 is 0 Å². The lowest BCUT2D eigenvalue weighted by Crippen LogP contribution is -2.15. The SMILES string of the molecule is CCCCCCOC(=O)Nc1ccc(OC(=O)OCCCCCC)c(C)c1. The second kappa shape index (κ2) is 13.9. The van der Waals surface area contributed by atoms with Crippen molar-refractivity contribution in [2.75, 3.05) is 18.5 Å². The number of rotatable bonds is 12. The van der Waals surface area contributed by atoms with Crippen LogP contribution in [0.25, 0.3) is 0 Å². The number of hydrogen-bond acceptors (Lipinski definition) is 5. The van der Waals surface area contributed by atoms with Crippen LogP contribution in [-0.2, 0) is 9.47 Å². The highest BCUT2D eigenvalue weighted by Gasteiger charge is 2.10. The molecule has 0 aliphatic rings. The molecule has 0 saturated carbocycles. The van der Waals surface area contributed by atoms with Crippen molar-refractivity contribution < 1.29 is 23.8 Å². The molecule has 0 aliphatic heterocycles. The molecule has 1 aromatic carbocycles. The molecule has 0 spiro atoms. The second-order valence-corrected chi connectivity index (χ2v) is 6.56. The Kier molecular flexibility index (Phi) is 11.7. The molecular weight excluding hydrogens is 346 g/mol. The molecule has 1 rings (SSSR count). The Morgan fingerprint density at radius 2 is 1.52 bits per heavy atom. The summed E-state index contributed by atoms with van der Waals surface area (Å²) in [7, 11) is 0. The molecule has 1 amide bonds. The predicted molar refractivity (Wildman–Crippen MR) is 106 cm³/mol. The zero-order chi connectivity index (χ0) is 19.9. The van der Waals surface area contributed by atoms with Gasteiger partial charge in [-0.05, 0) is 43.5 Å². The van der Waals surface area contributed by atoms with Gasteiger partial charge in [0.1, 0.15) is 5.75 Å². The van der Waals surface area contributed by atoms with E-state index in [4.69, 9.17) is 14.2 Å². The Morgan fingerprint density at radius 1 is 0.889 bits per heavy atom. The molecule has 27 heavy (non-hydrogen) atoms. The first-order valence-corrected chi connectivity index (χ1v) is 9.95. The van der Waals surface area contributed by atoms with Gasteiger partial charge in [0.15, 0.2) is 0 Å². The molecule has 6 nitrogen and oxygen atoms in total. The maximum absolute atomic E-state index is 11.8. The highest BCUT2D eigenvalue weighted by Crippen LogP contribution is 2.22. The van der Waals surface area contributed by atoms with Gasteiger partial charge in [0.25, 0.3) is 0 Å². The number of aryl methyl sites for hydroxylation is 1. The minimum absolute atomic E-state index is 0.363. The second-order valence-electron chi connectivity index (χ2n) is 6.56. The van der Waals surface area contributed by atoms with E-state index in [2.05, 4.69) is 19.2 Å². The first kappa shape index (κ1) is 22.8. The molecule has 0 aliphatic carbocycles. The molecule has 0 fully saturated rings. The maximum Gasteiger partial charge on any atom is 0.513 e.